The van der Waals surface area contributed by atoms with E-state index in [1.165, 1.54) is 16.4 Å². The number of amides is 1. The maximum Gasteiger partial charge on any atom is 0.243 e. The summed E-state index contributed by atoms with van der Waals surface area (Å²) in [6, 6.07) is 11.1. The van der Waals surface area contributed by atoms with Crippen LogP contribution in [0.25, 0.3) is 0 Å². The summed E-state index contributed by atoms with van der Waals surface area (Å²) in [6.07, 6.45) is 3.56. The predicted octanol–water partition coefficient (Wildman–Crippen LogP) is 2.49. The number of hydrogen-bond acceptors (Lipinski definition) is 6. The summed E-state index contributed by atoms with van der Waals surface area (Å²) in [5.74, 6) is -0.380. The Kier molecular flexibility index (Phi) is 7.03. The molecule has 0 aliphatic carbocycles. The fraction of sp³-hybridized carbons (Fsp3) is 0.381. The number of nitrogens with one attached hydrogen (secondary N) is 2. The Hall–Kier alpha value is -2.43. The normalized spacial score (nSPS) is 15.0. The largest absolute Gasteiger partial charge is 0.375 e. The SMILES string of the molecule is CCc1ccc(NCC(=O)Nc2ccc(S(=O)(=O)N3CCCC3)cc2)c(S(C)(=O)=O)c1. The van der Waals surface area contributed by atoms with Crippen LogP contribution >= 0.6 is 0 Å². The molecule has 1 heterocycles. The average molecular weight is 466 g/mol. The molecule has 2 aromatic rings. The number of carbonyl (C=O) groups is 1. The van der Waals surface area contributed by atoms with Crippen molar-refractivity contribution in [3.63, 3.8) is 0 Å². The third kappa shape index (κ3) is 5.63. The third-order valence-electron chi connectivity index (χ3n) is 5.13. The molecule has 1 aliphatic heterocycles. The maximum atomic E-state index is 12.6. The van der Waals surface area contributed by atoms with Crippen LogP contribution in [0.15, 0.2) is 52.3 Å². The molecule has 2 aromatic carbocycles. The number of benzene rings is 2. The maximum absolute atomic E-state index is 12.6. The van der Waals surface area contributed by atoms with Crippen LogP contribution in [0.1, 0.15) is 25.3 Å². The first-order valence-corrected chi connectivity index (χ1v) is 13.4. The van der Waals surface area contributed by atoms with Crippen LogP contribution in [0.2, 0.25) is 0 Å². The van der Waals surface area contributed by atoms with Crippen molar-refractivity contribution >= 4 is 37.1 Å². The Morgan fingerprint density at radius 3 is 2.23 bits per heavy atom. The van der Waals surface area contributed by atoms with Gasteiger partial charge in [0.1, 0.15) is 0 Å². The van der Waals surface area contributed by atoms with Crippen molar-refractivity contribution in [3.8, 4) is 0 Å². The molecule has 1 fully saturated rings. The molecule has 0 aromatic heterocycles. The van der Waals surface area contributed by atoms with E-state index in [4.69, 9.17) is 0 Å². The lowest BCUT2D eigenvalue weighted by atomic mass is 10.1. The zero-order valence-electron chi connectivity index (χ0n) is 17.6. The Morgan fingerprint density at radius 2 is 1.65 bits per heavy atom. The van der Waals surface area contributed by atoms with E-state index in [1.54, 1.807) is 24.3 Å². The molecule has 0 bridgehead atoms. The van der Waals surface area contributed by atoms with Crippen molar-refractivity contribution in [2.45, 2.75) is 36.0 Å². The van der Waals surface area contributed by atoms with Crippen LogP contribution in [0.3, 0.4) is 0 Å². The highest BCUT2D eigenvalue weighted by atomic mass is 32.2. The molecule has 0 unspecified atom stereocenters. The second-order valence-electron chi connectivity index (χ2n) is 7.49. The van der Waals surface area contributed by atoms with E-state index in [0.717, 1.165) is 24.7 Å². The number of nitrogens with zero attached hydrogens (tertiary/aromatic N) is 1. The van der Waals surface area contributed by atoms with E-state index in [9.17, 15) is 21.6 Å². The monoisotopic (exact) mass is 465 g/mol. The Morgan fingerprint density at radius 1 is 1.00 bits per heavy atom. The first kappa shape index (κ1) is 23.2. The molecular weight excluding hydrogens is 438 g/mol. The summed E-state index contributed by atoms with van der Waals surface area (Å²) in [5.41, 5.74) is 1.71. The zero-order chi connectivity index (χ0) is 22.6. The van der Waals surface area contributed by atoms with Crippen molar-refractivity contribution in [1.29, 1.82) is 0 Å². The molecule has 1 saturated heterocycles. The zero-order valence-corrected chi connectivity index (χ0v) is 19.2. The van der Waals surface area contributed by atoms with Gasteiger partial charge in [-0.25, -0.2) is 16.8 Å². The van der Waals surface area contributed by atoms with Crippen LogP contribution in [0, 0.1) is 0 Å². The van der Waals surface area contributed by atoms with Crippen molar-refractivity contribution in [2.75, 3.05) is 36.5 Å². The van der Waals surface area contributed by atoms with Gasteiger partial charge in [0.25, 0.3) is 0 Å². The minimum Gasteiger partial charge on any atom is -0.375 e. The minimum atomic E-state index is -3.50. The summed E-state index contributed by atoms with van der Waals surface area (Å²) >= 11 is 0. The van der Waals surface area contributed by atoms with Crippen LogP contribution in [0.4, 0.5) is 11.4 Å². The van der Waals surface area contributed by atoms with Crippen LogP contribution < -0.4 is 10.6 Å². The van der Waals surface area contributed by atoms with Gasteiger partial charge in [0.05, 0.1) is 22.0 Å². The number of aryl methyl sites for hydroxylation is 1. The Labute approximate surface area is 183 Å². The second-order valence-corrected chi connectivity index (χ2v) is 11.4. The van der Waals surface area contributed by atoms with Crippen molar-refractivity contribution in [1.82, 2.24) is 4.31 Å². The first-order valence-electron chi connectivity index (χ1n) is 10.1. The van der Waals surface area contributed by atoms with Crippen LogP contribution in [0.5, 0.6) is 0 Å². The smallest absolute Gasteiger partial charge is 0.243 e. The van der Waals surface area contributed by atoms with E-state index in [-0.39, 0.29) is 22.2 Å². The van der Waals surface area contributed by atoms with Gasteiger partial charge in [-0.15, -0.1) is 0 Å². The van der Waals surface area contributed by atoms with E-state index >= 15 is 0 Å². The van der Waals surface area contributed by atoms with Gasteiger partial charge in [0.15, 0.2) is 9.84 Å². The van der Waals surface area contributed by atoms with Gasteiger partial charge in [-0.2, -0.15) is 4.31 Å². The quantitative estimate of drug-likeness (QED) is 0.619. The van der Waals surface area contributed by atoms with Gasteiger partial charge < -0.3 is 10.6 Å². The van der Waals surface area contributed by atoms with E-state index in [0.29, 0.717) is 30.9 Å². The molecule has 0 saturated carbocycles. The topological polar surface area (TPSA) is 113 Å². The number of hydrogen-bond donors (Lipinski definition) is 2. The van der Waals surface area contributed by atoms with Crippen molar-refractivity contribution in [3.05, 3.63) is 48.0 Å². The summed E-state index contributed by atoms with van der Waals surface area (Å²) < 4.78 is 50.7. The van der Waals surface area contributed by atoms with E-state index in [2.05, 4.69) is 10.6 Å². The van der Waals surface area contributed by atoms with Crippen LogP contribution in [-0.2, 0) is 31.1 Å². The average Bonchev–Trinajstić information content (AvgIpc) is 3.28. The highest BCUT2D eigenvalue weighted by Gasteiger charge is 2.27. The molecule has 2 N–H and O–H groups in total. The van der Waals surface area contributed by atoms with E-state index in [1.807, 2.05) is 13.0 Å². The van der Waals surface area contributed by atoms with Gasteiger partial charge in [0, 0.05) is 25.0 Å². The van der Waals surface area contributed by atoms with Crippen LogP contribution in [-0.4, -0.2) is 52.9 Å². The summed E-state index contributed by atoms with van der Waals surface area (Å²) in [4.78, 5) is 12.7. The Balaban J connectivity index is 1.64. The molecule has 0 radical (unpaired) electrons. The van der Waals surface area contributed by atoms with Crippen molar-refractivity contribution < 1.29 is 21.6 Å². The first-order chi connectivity index (χ1) is 14.6. The minimum absolute atomic E-state index is 0.137. The van der Waals surface area contributed by atoms with Gasteiger partial charge >= 0.3 is 0 Å². The standard InChI is InChI=1S/C21H27N3O5S2/c1-3-16-6-11-19(20(14-16)30(2,26)27)22-15-21(25)23-17-7-9-18(10-8-17)31(28,29)24-12-4-5-13-24/h6-11,14,22H,3-5,12-13,15H2,1-2H3,(H,23,25). The Bertz CT molecular complexity index is 1150. The molecule has 168 valence electrons. The second kappa shape index (κ2) is 9.37. The number of anilines is 2. The summed E-state index contributed by atoms with van der Waals surface area (Å²) in [6.45, 7) is 2.85. The predicted molar refractivity (Wildman–Crippen MR) is 120 cm³/mol. The van der Waals surface area contributed by atoms with Gasteiger partial charge in [-0.05, 0) is 61.2 Å². The fourth-order valence-electron chi connectivity index (χ4n) is 3.41. The lowest BCUT2D eigenvalue weighted by Gasteiger charge is -2.16. The lowest BCUT2D eigenvalue weighted by Crippen LogP contribution is -2.27. The molecule has 3 rings (SSSR count). The molecule has 8 nitrogen and oxygen atoms in total. The van der Waals surface area contributed by atoms with Gasteiger partial charge in [-0.1, -0.05) is 13.0 Å². The van der Waals surface area contributed by atoms with Gasteiger partial charge in [0.2, 0.25) is 15.9 Å². The molecule has 1 aliphatic rings. The highest BCUT2D eigenvalue weighted by Crippen LogP contribution is 2.24. The third-order valence-corrected chi connectivity index (χ3v) is 8.18. The molecule has 0 atom stereocenters. The van der Waals surface area contributed by atoms with Crippen molar-refractivity contribution in [2.24, 2.45) is 0 Å². The molecule has 10 heteroatoms. The number of sulfonamides is 1. The lowest BCUT2D eigenvalue weighted by molar-refractivity contribution is -0.114. The number of rotatable bonds is 8. The summed E-state index contributed by atoms with van der Waals surface area (Å²) in [5, 5.41) is 5.55. The summed E-state index contributed by atoms with van der Waals surface area (Å²) in [7, 11) is -6.96. The highest BCUT2D eigenvalue weighted by molar-refractivity contribution is 7.91. The molecule has 1 amide bonds. The number of carbonyl (C=O) groups excluding carboxylic acids is 1. The molecular formula is C21H27N3O5S2. The molecule has 0 spiro atoms. The van der Waals surface area contributed by atoms with E-state index < -0.39 is 19.9 Å². The molecule has 31 heavy (non-hydrogen) atoms. The van der Waals surface area contributed by atoms with Gasteiger partial charge in [-0.3, -0.25) is 4.79 Å². The number of sulfone groups is 1. The fourth-order valence-corrected chi connectivity index (χ4v) is 5.83.